The summed E-state index contributed by atoms with van der Waals surface area (Å²) in [5.41, 5.74) is -0.0121. The number of aromatic nitrogens is 1. The first-order valence-corrected chi connectivity index (χ1v) is 7.82. The van der Waals surface area contributed by atoms with Crippen molar-refractivity contribution in [3.63, 3.8) is 0 Å². The summed E-state index contributed by atoms with van der Waals surface area (Å²) in [7, 11) is -3.59. The van der Waals surface area contributed by atoms with Gasteiger partial charge in [-0.25, -0.2) is 18.1 Å². The van der Waals surface area contributed by atoms with E-state index < -0.39 is 10.0 Å². The largest absolute Gasteiger partial charge is 0.243 e. The van der Waals surface area contributed by atoms with Crippen LogP contribution in [0.2, 0.25) is 5.15 Å². The molecule has 1 aliphatic carbocycles. The molecule has 1 aliphatic rings. The van der Waals surface area contributed by atoms with Crippen molar-refractivity contribution in [2.75, 3.05) is 0 Å². The number of nitrogens with one attached hydrogen (secondary N) is 1. The van der Waals surface area contributed by atoms with Gasteiger partial charge in [-0.1, -0.05) is 31.9 Å². The van der Waals surface area contributed by atoms with Crippen LogP contribution in [0.5, 0.6) is 0 Å². The molecule has 1 saturated carbocycles. The molecular formula is C12H17ClN2O2S. The monoisotopic (exact) mass is 288 g/mol. The summed E-state index contributed by atoms with van der Waals surface area (Å²) in [6, 6.07) is 3.00. The molecule has 0 amide bonds. The number of halogens is 1. The van der Waals surface area contributed by atoms with Gasteiger partial charge >= 0.3 is 0 Å². The van der Waals surface area contributed by atoms with Gasteiger partial charge in [0.25, 0.3) is 0 Å². The van der Waals surface area contributed by atoms with E-state index in [4.69, 9.17) is 11.6 Å². The molecule has 0 aliphatic heterocycles. The second-order valence-electron chi connectivity index (χ2n) is 5.35. The fourth-order valence-electron chi connectivity index (χ4n) is 2.37. The summed E-state index contributed by atoms with van der Waals surface area (Å²) in [5.74, 6) is 0. The molecule has 4 nitrogen and oxygen atoms in total. The molecule has 2 rings (SSSR count). The van der Waals surface area contributed by atoms with Gasteiger partial charge in [-0.05, 0) is 30.4 Å². The molecule has 1 aromatic rings. The average Bonchev–Trinajstić information content (AvgIpc) is 2.58. The van der Waals surface area contributed by atoms with Gasteiger partial charge in [-0.3, -0.25) is 0 Å². The summed E-state index contributed by atoms with van der Waals surface area (Å²) in [6.07, 6.45) is 4.41. The van der Waals surface area contributed by atoms with E-state index in [1.54, 1.807) is 6.07 Å². The molecule has 100 valence electrons. The van der Waals surface area contributed by atoms with Gasteiger partial charge in [0.05, 0.1) is 0 Å². The molecule has 0 saturated heterocycles. The van der Waals surface area contributed by atoms with Crippen LogP contribution < -0.4 is 4.72 Å². The topological polar surface area (TPSA) is 59.1 Å². The molecule has 1 N–H and O–H groups in total. The van der Waals surface area contributed by atoms with Crippen LogP contribution in [-0.2, 0) is 10.0 Å². The van der Waals surface area contributed by atoms with E-state index in [9.17, 15) is 8.42 Å². The van der Waals surface area contributed by atoms with Crippen LogP contribution in [0.25, 0.3) is 0 Å². The molecular weight excluding hydrogens is 272 g/mol. The van der Waals surface area contributed by atoms with E-state index >= 15 is 0 Å². The zero-order valence-electron chi connectivity index (χ0n) is 10.5. The lowest BCUT2D eigenvalue weighted by molar-refractivity contribution is 0.313. The van der Waals surface area contributed by atoms with Crippen LogP contribution >= 0.6 is 11.6 Å². The summed E-state index contributed by atoms with van der Waals surface area (Å²) >= 11 is 5.84. The van der Waals surface area contributed by atoms with Crippen LogP contribution in [0, 0.1) is 5.41 Å². The Bertz CT molecular complexity index is 543. The van der Waals surface area contributed by atoms with Crippen molar-refractivity contribution >= 4 is 21.6 Å². The minimum Gasteiger partial charge on any atom is -0.243 e. The van der Waals surface area contributed by atoms with Crippen molar-refractivity contribution in [2.24, 2.45) is 5.41 Å². The summed E-state index contributed by atoms with van der Waals surface area (Å²) in [4.78, 5) is 3.85. The zero-order chi connectivity index (χ0) is 13.4. The number of hydrogen-bond acceptors (Lipinski definition) is 3. The molecule has 0 radical (unpaired) electrons. The normalized spacial score (nSPS) is 23.2. The second-order valence-corrected chi connectivity index (χ2v) is 7.39. The van der Waals surface area contributed by atoms with Crippen LogP contribution in [-0.4, -0.2) is 19.4 Å². The Labute approximate surface area is 113 Å². The highest BCUT2D eigenvalue weighted by Crippen LogP contribution is 2.38. The zero-order valence-corrected chi connectivity index (χ0v) is 12.1. The Morgan fingerprint density at radius 1 is 1.50 bits per heavy atom. The molecule has 0 spiro atoms. The lowest BCUT2D eigenvalue weighted by Gasteiger charge is -2.27. The quantitative estimate of drug-likeness (QED) is 0.870. The third-order valence-electron chi connectivity index (χ3n) is 3.57. The van der Waals surface area contributed by atoms with E-state index in [2.05, 4.69) is 23.6 Å². The maximum absolute atomic E-state index is 12.3. The standard InChI is InChI=1S/C12H17ClN2O2S/c1-12(2)7-3-6-10(12)15-18(16,17)9-5-4-8-14-11(9)13/h4-5,8,10,15H,3,6-7H2,1-2H3. The first kappa shape index (κ1) is 13.8. The third kappa shape index (κ3) is 2.68. The van der Waals surface area contributed by atoms with Crippen molar-refractivity contribution in [3.8, 4) is 0 Å². The van der Waals surface area contributed by atoms with Crippen molar-refractivity contribution in [1.29, 1.82) is 0 Å². The maximum atomic E-state index is 12.3. The Kier molecular flexibility index (Phi) is 3.67. The smallest absolute Gasteiger partial charge is 0.243 e. The molecule has 1 atom stereocenters. The minimum absolute atomic E-state index is 0.0121. The Balaban J connectivity index is 2.26. The number of hydrogen-bond donors (Lipinski definition) is 1. The summed E-state index contributed by atoms with van der Waals surface area (Å²) in [6.45, 7) is 4.16. The van der Waals surface area contributed by atoms with E-state index in [0.717, 1.165) is 19.3 Å². The van der Waals surface area contributed by atoms with Crippen LogP contribution in [0.4, 0.5) is 0 Å². The fraction of sp³-hybridized carbons (Fsp3) is 0.583. The Morgan fingerprint density at radius 3 is 2.78 bits per heavy atom. The van der Waals surface area contributed by atoms with Crippen LogP contribution in [0.3, 0.4) is 0 Å². The van der Waals surface area contributed by atoms with Crippen molar-refractivity contribution in [1.82, 2.24) is 9.71 Å². The SMILES string of the molecule is CC1(C)CCCC1NS(=O)(=O)c1cccnc1Cl. The molecule has 1 fully saturated rings. The van der Waals surface area contributed by atoms with Crippen LogP contribution in [0.1, 0.15) is 33.1 Å². The predicted molar refractivity (Wildman–Crippen MR) is 71.0 cm³/mol. The highest BCUT2D eigenvalue weighted by atomic mass is 35.5. The first-order chi connectivity index (χ1) is 8.33. The lowest BCUT2D eigenvalue weighted by atomic mass is 9.88. The average molecular weight is 289 g/mol. The third-order valence-corrected chi connectivity index (χ3v) is 5.49. The number of nitrogens with zero attached hydrogens (tertiary/aromatic N) is 1. The molecule has 1 heterocycles. The van der Waals surface area contributed by atoms with Crippen molar-refractivity contribution < 1.29 is 8.42 Å². The van der Waals surface area contributed by atoms with Crippen molar-refractivity contribution in [3.05, 3.63) is 23.5 Å². The summed E-state index contributed by atoms with van der Waals surface area (Å²) < 4.78 is 27.3. The molecule has 0 aromatic carbocycles. The predicted octanol–water partition coefficient (Wildman–Crippen LogP) is 2.59. The molecule has 1 unspecified atom stereocenters. The van der Waals surface area contributed by atoms with Gasteiger partial charge < -0.3 is 0 Å². The highest BCUT2D eigenvalue weighted by molar-refractivity contribution is 7.89. The van der Waals surface area contributed by atoms with Gasteiger partial charge in [0.15, 0.2) is 0 Å². The van der Waals surface area contributed by atoms with Crippen LogP contribution in [0.15, 0.2) is 23.2 Å². The first-order valence-electron chi connectivity index (χ1n) is 5.96. The fourth-order valence-corrected chi connectivity index (χ4v) is 4.26. The van der Waals surface area contributed by atoms with Gasteiger partial charge in [-0.15, -0.1) is 0 Å². The Morgan fingerprint density at radius 2 is 2.22 bits per heavy atom. The molecule has 1 aromatic heterocycles. The van der Waals surface area contributed by atoms with E-state index in [0.29, 0.717) is 0 Å². The highest BCUT2D eigenvalue weighted by Gasteiger charge is 2.37. The van der Waals surface area contributed by atoms with Gasteiger partial charge in [0.2, 0.25) is 10.0 Å². The van der Waals surface area contributed by atoms with E-state index in [1.165, 1.54) is 12.3 Å². The molecule has 18 heavy (non-hydrogen) atoms. The number of rotatable bonds is 3. The maximum Gasteiger partial charge on any atom is 0.243 e. The molecule has 6 heteroatoms. The van der Waals surface area contributed by atoms with Gasteiger partial charge in [0.1, 0.15) is 10.0 Å². The number of pyridine rings is 1. The second kappa shape index (κ2) is 4.79. The number of sulfonamides is 1. The molecule has 0 bridgehead atoms. The van der Waals surface area contributed by atoms with Gasteiger partial charge in [-0.2, -0.15) is 0 Å². The van der Waals surface area contributed by atoms with E-state index in [-0.39, 0.29) is 21.5 Å². The van der Waals surface area contributed by atoms with Gasteiger partial charge in [0, 0.05) is 12.2 Å². The van der Waals surface area contributed by atoms with Crippen molar-refractivity contribution in [2.45, 2.75) is 44.0 Å². The summed E-state index contributed by atoms with van der Waals surface area (Å²) in [5, 5.41) is 0.0146. The Hall–Kier alpha value is -0.650. The van der Waals surface area contributed by atoms with E-state index in [1.807, 2.05) is 0 Å². The minimum atomic E-state index is -3.59. The lowest BCUT2D eigenvalue weighted by Crippen LogP contribution is -2.41.